The third-order valence-corrected chi connectivity index (χ3v) is 2.49. The van der Waals surface area contributed by atoms with Crippen molar-refractivity contribution in [3.05, 3.63) is 54.6 Å². The van der Waals surface area contributed by atoms with E-state index in [1.54, 1.807) is 0 Å². The van der Waals surface area contributed by atoms with E-state index in [1.807, 2.05) is 61.6 Å². The van der Waals surface area contributed by atoms with Crippen LogP contribution in [-0.4, -0.2) is 20.3 Å². The lowest BCUT2D eigenvalue weighted by atomic mass is 10.3. The molecule has 94 valence electrons. The Labute approximate surface area is 107 Å². The quantitative estimate of drug-likeness (QED) is 0.790. The molecule has 0 aliphatic carbocycles. The molecule has 0 aliphatic rings. The van der Waals surface area contributed by atoms with E-state index in [4.69, 9.17) is 9.47 Å². The summed E-state index contributed by atoms with van der Waals surface area (Å²) < 4.78 is 11.1. The summed E-state index contributed by atoms with van der Waals surface area (Å²) in [6.07, 6.45) is 0. The summed E-state index contributed by atoms with van der Waals surface area (Å²) in [4.78, 5) is 0. The lowest BCUT2D eigenvalue weighted by Crippen LogP contribution is -2.08. The highest BCUT2D eigenvalue weighted by molar-refractivity contribution is 5.47. The summed E-state index contributed by atoms with van der Waals surface area (Å²) in [5.41, 5.74) is 1.04. The van der Waals surface area contributed by atoms with Gasteiger partial charge in [-0.15, -0.1) is 0 Å². The van der Waals surface area contributed by atoms with Gasteiger partial charge in [0.1, 0.15) is 24.7 Å². The molecule has 2 aromatic carbocycles. The number of hydrogen-bond donors (Lipinski definition) is 1. The molecule has 18 heavy (non-hydrogen) atoms. The second kappa shape index (κ2) is 6.55. The predicted molar refractivity (Wildman–Crippen MR) is 73.4 cm³/mol. The number of para-hydroxylation sites is 1. The first kappa shape index (κ1) is 12.3. The van der Waals surface area contributed by atoms with Gasteiger partial charge >= 0.3 is 0 Å². The molecule has 0 saturated carbocycles. The van der Waals surface area contributed by atoms with Gasteiger partial charge in [-0.1, -0.05) is 24.3 Å². The van der Waals surface area contributed by atoms with Crippen molar-refractivity contribution in [2.24, 2.45) is 0 Å². The molecule has 0 bridgehead atoms. The van der Waals surface area contributed by atoms with Crippen LogP contribution in [0.4, 0.5) is 5.69 Å². The molecule has 2 aromatic rings. The monoisotopic (exact) mass is 243 g/mol. The fourth-order valence-electron chi connectivity index (χ4n) is 1.58. The van der Waals surface area contributed by atoms with E-state index in [0.717, 1.165) is 17.2 Å². The third-order valence-electron chi connectivity index (χ3n) is 2.49. The van der Waals surface area contributed by atoms with Crippen LogP contribution in [0.2, 0.25) is 0 Å². The van der Waals surface area contributed by atoms with Gasteiger partial charge in [-0.2, -0.15) is 0 Å². The van der Waals surface area contributed by atoms with Crippen LogP contribution in [0.1, 0.15) is 0 Å². The standard InChI is InChI=1S/C15H17NO2/c1-16-13-6-5-9-15(12-13)18-11-10-17-14-7-3-2-4-8-14/h2-9,12,16H,10-11H2,1H3. The van der Waals surface area contributed by atoms with Crippen LogP contribution in [0.15, 0.2) is 54.6 Å². The van der Waals surface area contributed by atoms with Crippen molar-refractivity contribution in [1.29, 1.82) is 0 Å². The Morgan fingerprint density at radius 3 is 2.22 bits per heavy atom. The van der Waals surface area contributed by atoms with Crippen molar-refractivity contribution in [2.75, 3.05) is 25.6 Å². The van der Waals surface area contributed by atoms with Gasteiger partial charge < -0.3 is 14.8 Å². The highest BCUT2D eigenvalue weighted by Gasteiger charge is 1.96. The van der Waals surface area contributed by atoms with Crippen LogP contribution >= 0.6 is 0 Å². The molecular formula is C15H17NO2. The molecule has 0 unspecified atom stereocenters. The van der Waals surface area contributed by atoms with E-state index in [9.17, 15) is 0 Å². The van der Waals surface area contributed by atoms with Crippen LogP contribution in [0.25, 0.3) is 0 Å². The van der Waals surface area contributed by atoms with Crippen LogP contribution < -0.4 is 14.8 Å². The largest absolute Gasteiger partial charge is 0.490 e. The maximum Gasteiger partial charge on any atom is 0.122 e. The number of benzene rings is 2. The summed E-state index contributed by atoms with van der Waals surface area (Å²) in [5, 5.41) is 3.07. The summed E-state index contributed by atoms with van der Waals surface area (Å²) in [7, 11) is 1.89. The predicted octanol–water partition coefficient (Wildman–Crippen LogP) is 3.19. The van der Waals surface area contributed by atoms with Crippen molar-refractivity contribution in [3.63, 3.8) is 0 Å². The zero-order valence-electron chi connectivity index (χ0n) is 10.4. The Balaban J connectivity index is 1.75. The molecule has 0 fully saturated rings. The van der Waals surface area contributed by atoms with Crippen molar-refractivity contribution < 1.29 is 9.47 Å². The minimum atomic E-state index is 0.530. The SMILES string of the molecule is CNc1cccc(OCCOc2ccccc2)c1. The van der Waals surface area contributed by atoms with Crippen LogP contribution in [0, 0.1) is 0 Å². The van der Waals surface area contributed by atoms with Crippen molar-refractivity contribution in [2.45, 2.75) is 0 Å². The first-order valence-electron chi connectivity index (χ1n) is 5.97. The smallest absolute Gasteiger partial charge is 0.122 e. The summed E-state index contributed by atoms with van der Waals surface area (Å²) >= 11 is 0. The lowest BCUT2D eigenvalue weighted by molar-refractivity contribution is 0.217. The second-order valence-electron chi connectivity index (χ2n) is 3.79. The lowest BCUT2D eigenvalue weighted by Gasteiger charge is -2.09. The Bertz CT molecular complexity index is 471. The number of hydrogen-bond acceptors (Lipinski definition) is 3. The molecule has 1 N–H and O–H groups in total. The molecular weight excluding hydrogens is 226 g/mol. The molecule has 0 amide bonds. The Hall–Kier alpha value is -2.16. The molecule has 3 nitrogen and oxygen atoms in total. The van der Waals surface area contributed by atoms with Gasteiger partial charge in [-0.05, 0) is 24.3 Å². The summed E-state index contributed by atoms with van der Waals surface area (Å²) in [6.45, 7) is 1.07. The minimum Gasteiger partial charge on any atom is -0.490 e. The molecule has 0 spiro atoms. The van der Waals surface area contributed by atoms with E-state index in [0.29, 0.717) is 13.2 Å². The van der Waals surface area contributed by atoms with E-state index >= 15 is 0 Å². The Kier molecular flexibility index (Phi) is 4.47. The van der Waals surface area contributed by atoms with Crippen LogP contribution in [0.5, 0.6) is 11.5 Å². The first-order chi connectivity index (χ1) is 8.88. The zero-order valence-corrected chi connectivity index (χ0v) is 10.4. The van der Waals surface area contributed by atoms with Gasteiger partial charge in [-0.25, -0.2) is 0 Å². The zero-order chi connectivity index (χ0) is 12.6. The van der Waals surface area contributed by atoms with Gasteiger partial charge in [0.25, 0.3) is 0 Å². The average molecular weight is 243 g/mol. The van der Waals surface area contributed by atoms with Gasteiger partial charge in [0, 0.05) is 18.8 Å². The van der Waals surface area contributed by atoms with Crippen molar-refractivity contribution in [1.82, 2.24) is 0 Å². The third kappa shape index (κ3) is 3.70. The molecule has 0 radical (unpaired) electrons. The van der Waals surface area contributed by atoms with E-state index in [-0.39, 0.29) is 0 Å². The number of ether oxygens (including phenoxy) is 2. The highest BCUT2D eigenvalue weighted by atomic mass is 16.5. The molecule has 0 atom stereocenters. The fraction of sp³-hybridized carbons (Fsp3) is 0.200. The average Bonchev–Trinajstić information content (AvgIpc) is 2.45. The van der Waals surface area contributed by atoms with Gasteiger partial charge in [0.15, 0.2) is 0 Å². The van der Waals surface area contributed by atoms with E-state index in [2.05, 4.69) is 5.32 Å². The minimum absolute atomic E-state index is 0.530. The van der Waals surface area contributed by atoms with E-state index < -0.39 is 0 Å². The summed E-state index contributed by atoms with van der Waals surface area (Å²) in [5.74, 6) is 1.71. The van der Waals surface area contributed by atoms with Crippen molar-refractivity contribution >= 4 is 5.69 Å². The van der Waals surface area contributed by atoms with Crippen LogP contribution in [0.3, 0.4) is 0 Å². The first-order valence-corrected chi connectivity index (χ1v) is 5.97. The highest BCUT2D eigenvalue weighted by Crippen LogP contribution is 2.16. The summed E-state index contributed by atoms with van der Waals surface area (Å²) in [6, 6.07) is 17.6. The maximum absolute atomic E-state index is 5.61. The van der Waals surface area contributed by atoms with E-state index in [1.165, 1.54) is 0 Å². The topological polar surface area (TPSA) is 30.5 Å². The second-order valence-corrected chi connectivity index (χ2v) is 3.79. The van der Waals surface area contributed by atoms with Gasteiger partial charge in [0.2, 0.25) is 0 Å². The fourth-order valence-corrected chi connectivity index (χ4v) is 1.58. The molecule has 0 heterocycles. The Morgan fingerprint density at radius 2 is 1.50 bits per heavy atom. The molecule has 2 rings (SSSR count). The molecule has 0 aliphatic heterocycles. The Morgan fingerprint density at radius 1 is 0.833 bits per heavy atom. The molecule has 0 aromatic heterocycles. The van der Waals surface area contributed by atoms with Crippen molar-refractivity contribution in [3.8, 4) is 11.5 Å². The van der Waals surface area contributed by atoms with Crippen LogP contribution in [-0.2, 0) is 0 Å². The number of rotatable bonds is 6. The van der Waals surface area contributed by atoms with Gasteiger partial charge in [0.05, 0.1) is 0 Å². The molecule has 3 heteroatoms. The van der Waals surface area contributed by atoms with Gasteiger partial charge in [-0.3, -0.25) is 0 Å². The number of nitrogens with one attached hydrogen (secondary N) is 1. The maximum atomic E-state index is 5.61. The number of anilines is 1. The molecule has 0 saturated heterocycles. The normalized spacial score (nSPS) is 9.83.